The summed E-state index contributed by atoms with van der Waals surface area (Å²) in [6.45, 7) is 2.11. The van der Waals surface area contributed by atoms with E-state index in [1.165, 1.54) is 0 Å². The van der Waals surface area contributed by atoms with Crippen LogP contribution in [0.1, 0.15) is 18.9 Å². The molecule has 0 aromatic heterocycles. The maximum atomic E-state index is 12.4. The van der Waals surface area contributed by atoms with Gasteiger partial charge < -0.3 is 10.6 Å². The van der Waals surface area contributed by atoms with Crippen molar-refractivity contribution in [3.63, 3.8) is 0 Å². The van der Waals surface area contributed by atoms with Gasteiger partial charge in [0.05, 0.1) is 12.5 Å². The van der Waals surface area contributed by atoms with Crippen LogP contribution in [0.25, 0.3) is 10.8 Å². The molecule has 0 spiro atoms. The smallest absolute Gasteiger partial charge is 0.244 e. The van der Waals surface area contributed by atoms with Crippen molar-refractivity contribution in [2.24, 2.45) is 5.92 Å². The Balaban J connectivity index is 2.10. The summed E-state index contributed by atoms with van der Waals surface area (Å²) >= 11 is 0. The molecule has 0 aliphatic carbocycles. The normalized spacial score (nSPS) is 11.6. The fourth-order valence-corrected chi connectivity index (χ4v) is 2.75. The average molecular weight is 357 g/mol. The summed E-state index contributed by atoms with van der Waals surface area (Å²) in [5.74, 6) is -2.05. The molecule has 0 saturated heterocycles. The number of fused-ring (bicyclic) bond motifs is 1. The molecular weight excluding hydrogens is 334 g/mol. The molecule has 0 heterocycles. The zero-order valence-electron chi connectivity index (χ0n) is 14.6. The monoisotopic (exact) mass is 357 g/mol. The fraction of sp³-hybridized carbons (Fsp3) is 0.316. The highest BCUT2D eigenvalue weighted by Crippen LogP contribution is 2.19. The van der Waals surface area contributed by atoms with Gasteiger partial charge in [-0.25, -0.2) is 5.48 Å². The summed E-state index contributed by atoms with van der Waals surface area (Å²) < 4.78 is 0. The lowest BCUT2D eigenvalue weighted by molar-refractivity contribution is -0.135. The van der Waals surface area contributed by atoms with Crippen molar-refractivity contribution in [3.8, 4) is 0 Å². The van der Waals surface area contributed by atoms with Crippen LogP contribution in [0.5, 0.6) is 0 Å². The Kier molecular flexibility index (Phi) is 7.11. The van der Waals surface area contributed by atoms with E-state index >= 15 is 0 Å². The quantitative estimate of drug-likeness (QED) is 0.420. The number of carbonyl (C=O) groups excluding carboxylic acids is 3. The molecule has 0 radical (unpaired) electrons. The minimum atomic E-state index is -0.697. The van der Waals surface area contributed by atoms with Crippen LogP contribution >= 0.6 is 0 Å². The third-order valence-corrected chi connectivity index (χ3v) is 4.02. The van der Waals surface area contributed by atoms with Crippen molar-refractivity contribution in [3.05, 3.63) is 48.0 Å². The maximum absolute atomic E-state index is 12.4. The van der Waals surface area contributed by atoms with Gasteiger partial charge in [-0.3, -0.25) is 19.6 Å². The molecule has 1 atom stereocenters. The number of carbonyl (C=O) groups is 3. The molecule has 138 valence electrons. The van der Waals surface area contributed by atoms with Crippen LogP contribution in [0.4, 0.5) is 0 Å². The molecule has 4 N–H and O–H groups in total. The molecule has 7 heteroatoms. The summed E-state index contributed by atoms with van der Waals surface area (Å²) in [6, 6.07) is 13.7. The predicted molar refractivity (Wildman–Crippen MR) is 97.4 cm³/mol. The number of hydrogen-bond acceptors (Lipinski definition) is 4. The second-order valence-corrected chi connectivity index (χ2v) is 5.99. The molecule has 0 aliphatic rings. The molecule has 2 rings (SSSR count). The number of likely N-dealkylation sites (N-methyl/N-ethyl adjacent to an activating group) is 1. The summed E-state index contributed by atoms with van der Waals surface area (Å²) in [5, 5.41) is 16.0. The summed E-state index contributed by atoms with van der Waals surface area (Å²) in [7, 11) is 0. The molecule has 7 nitrogen and oxygen atoms in total. The first-order chi connectivity index (χ1) is 12.5. The van der Waals surface area contributed by atoms with Gasteiger partial charge in [0, 0.05) is 13.0 Å². The molecule has 2 aromatic rings. The van der Waals surface area contributed by atoms with Gasteiger partial charge in [0.2, 0.25) is 17.7 Å². The van der Waals surface area contributed by atoms with E-state index in [0.717, 1.165) is 16.3 Å². The highest BCUT2D eigenvalue weighted by atomic mass is 16.5. The van der Waals surface area contributed by atoms with Crippen molar-refractivity contribution < 1.29 is 19.6 Å². The Morgan fingerprint density at radius 1 is 1.00 bits per heavy atom. The number of amides is 3. The van der Waals surface area contributed by atoms with Crippen LogP contribution in [-0.2, 0) is 20.8 Å². The number of hydroxylamine groups is 1. The highest BCUT2D eigenvalue weighted by Gasteiger charge is 2.23. The number of benzene rings is 2. The van der Waals surface area contributed by atoms with Crippen LogP contribution in [0.15, 0.2) is 42.5 Å². The number of hydrogen-bond donors (Lipinski definition) is 4. The van der Waals surface area contributed by atoms with Gasteiger partial charge in [0.1, 0.15) is 0 Å². The minimum Gasteiger partial charge on any atom is -0.355 e. The first-order valence-corrected chi connectivity index (χ1v) is 8.48. The van der Waals surface area contributed by atoms with Gasteiger partial charge in [0.25, 0.3) is 0 Å². The highest BCUT2D eigenvalue weighted by molar-refractivity contribution is 5.89. The summed E-state index contributed by atoms with van der Waals surface area (Å²) in [5.41, 5.74) is 2.45. The lowest BCUT2D eigenvalue weighted by Crippen LogP contribution is -2.41. The second kappa shape index (κ2) is 9.53. The lowest BCUT2D eigenvalue weighted by atomic mass is 9.93. The van der Waals surface area contributed by atoms with E-state index in [4.69, 9.17) is 5.21 Å². The molecular formula is C19H23N3O4. The third-order valence-electron chi connectivity index (χ3n) is 4.02. The van der Waals surface area contributed by atoms with Gasteiger partial charge >= 0.3 is 0 Å². The van der Waals surface area contributed by atoms with E-state index in [1.807, 2.05) is 42.5 Å². The lowest BCUT2D eigenvalue weighted by Gasteiger charge is -2.16. The molecule has 3 amide bonds. The van der Waals surface area contributed by atoms with Crippen LogP contribution in [0.3, 0.4) is 0 Å². The van der Waals surface area contributed by atoms with Gasteiger partial charge in [0.15, 0.2) is 0 Å². The maximum Gasteiger partial charge on any atom is 0.244 e. The Morgan fingerprint density at radius 2 is 1.73 bits per heavy atom. The van der Waals surface area contributed by atoms with Crippen LogP contribution in [-0.4, -0.2) is 36.0 Å². The Bertz CT molecular complexity index is 791. The van der Waals surface area contributed by atoms with Crippen LogP contribution < -0.4 is 16.1 Å². The Labute approximate surface area is 151 Å². The molecule has 0 saturated carbocycles. The standard InChI is InChI=1S/C19H23N3O4/c1-2-20-18(24)12-21-19(25)16(11-17(23)22-26)10-13-7-8-14-5-3-4-6-15(14)9-13/h3-9,16,26H,2,10-12H2,1H3,(H,20,24)(H,21,25)(H,22,23). The van der Waals surface area contributed by atoms with Crippen molar-refractivity contribution in [1.29, 1.82) is 0 Å². The zero-order chi connectivity index (χ0) is 18.9. The molecule has 1 unspecified atom stereocenters. The van der Waals surface area contributed by atoms with E-state index in [9.17, 15) is 14.4 Å². The Hall–Kier alpha value is -2.93. The van der Waals surface area contributed by atoms with Crippen molar-refractivity contribution in [2.75, 3.05) is 13.1 Å². The van der Waals surface area contributed by atoms with Crippen molar-refractivity contribution >= 4 is 28.5 Å². The van der Waals surface area contributed by atoms with E-state index in [0.29, 0.717) is 13.0 Å². The molecule has 0 aliphatic heterocycles. The SMILES string of the molecule is CCNC(=O)CNC(=O)C(CC(=O)NO)Cc1ccc2ccccc2c1. The number of rotatable bonds is 8. The van der Waals surface area contributed by atoms with E-state index in [2.05, 4.69) is 10.6 Å². The summed E-state index contributed by atoms with van der Waals surface area (Å²) in [4.78, 5) is 35.5. The van der Waals surface area contributed by atoms with E-state index < -0.39 is 17.7 Å². The van der Waals surface area contributed by atoms with E-state index in [1.54, 1.807) is 12.4 Å². The average Bonchev–Trinajstić information content (AvgIpc) is 2.65. The van der Waals surface area contributed by atoms with Crippen LogP contribution in [0.2, 0.25) is 0 Å². The molecule has 26 heavy (non-hydrogen) atoms. The van der Waals surface area contributed by atoms with Gasteiger partial charge in [-0.05, 0) is 29.7 Å². The third kappa shape index (κ3) is 5.56. The molecule has 0 fully saturated rings. The van der Waals surface area contributed by atoms with Gasteiger partial charge in [-0.2, -0.15) is 0 Å². The molecule has 2 aromatic carbocycles. The molecule has 0 bridgehead atoms. The second-order valence-electron chi connectivity index (χ2n) is 5.99. The van der Waals surface area contributed by atoms with Gasteiger partial charge in [-0.15, -0.1) is 0 Å². The zero-order valence-corrected chi connectivity index (χ0v) is 14.6. The Morgan fingerprint density at radius 3 is 2.42 bits per heavy atom. The van der Waals surface area contributed by atoms with Crippen molar-refractivity contribution in [1.82, 2.24) is 16.1 Å². The topological polar surface area (TPSA) is 108 Å². The fourth-order valence-electron chi connectivity index (χ4n) is 2.75. The number of nitrogens with one attached hydrogen (secondary N) is 3. The van der Waals surface area contributed by atoms with Crippen LogP contribution in [0, 0.1) is 5.92 Å². The summed E-state index contributed by atoms with van der Waals surface area (Å²) in [6.07, 6.45) is 0.143. The first kappa shape index (κ1) is 19.4. The van der Waals surface area contributed by atoms with Crippen molar-refractivity contribution in [2.45, 2.75) is 19.8 Å². The predicted octanol–water partition coefficient (Wildman–Crippen LogP) is 1.15. The minimum absolute atomic E-state index is 0.151. The largest absolute Gasteiger partial charge is 0.355 e. The van der Waals surface area contributed by atoms with Gasteiger partial charge in [-0.1, -0.05) is 42.5 Å². The first-order valence-electron chi connectivity index (χ1n) is 8.48. The van der Waals surface area contributed by atoms with E-state index in [-0.39, 0.29) is 18.9 Å².